The van der Waals surface area contributed by atoms with Gasteiger partial charge in [0.15, 0.2) is 0 Å². The molecule has 0 radical (unpaired) electrons. The second-order valence-electron chi connectivity index (χ2n) is 6.94. The first-order valence-electron chi connectivity index (χ1n) is 8.92. The van der Waals surface area contributed by atoms with Crippen LogP contribution in [0.25, 0.3) is 11.1 Å². The van der Waals surface area contributed by atoms with Gasteiger partial charge in [0, 0.05) is 19.3 Å². The third kappa shape index (κ3) is 4.52. The molecule has 2 aromatic rings. The molecule has 0 aromatic heterocycles. The lowest BCUT2D eigenvalue weighted by Gasteiger charge is -2.15. The summed E-state index contributed by atoms with van der Waals surface area (Å²) in [4.78, 5) is 2.29. The molecular formula is C23H32N2. The Kier molecular flexibility index (Phi) is 6.44. The van der Waals surface area contributed by atoms with Crippen LogP contribution in [-0.4, -0.2) is 18.0 Å². The summed E-state index contributed by atoms with van der Waals surface area (Å²) in [6.07, 6.45) is 3.57. The molecule has 0 amide bonds. The van der Waals surface area contributed by atoms with Gasteiger partial charge >= 0.3 is 0 Å². The van der Waals surface area contributed by atoms with E-state index in [-0.39, 0.29) is 7.43 Å². The highest BCUT2D eigenvalue weighted by molar-refractivity contribution is 5.65. The molecule has 2 nitrogen and oxygen atoms in total. The third-order valence-electron chi connectivity index (χ3n) is 5.32. The highest BCUT2D eigenvalue weighted by Crippen LogP contribution is 2.35. The lowest BCUT2D eigenvalue weighted by molar-refractivity contribution is 0.431. The van der Waals surface area contributed by atoms with Crippen molar-refractivity contribution < 1.29 is 0 Å². The Labute approximate surface area is 153 Å². The number of benzene rings is 2. The minimum atomic E-state index is 0. The second-order valence-corrected chi connectivity index (χ2v) is 6.94. The Morgan fingerprint density at radius 3 is 2.16 bits per heavy atom. The fourth-order valence-electron chi connectivity index (χ4n) is 3.50. The van der Waals surface area contributed by atoms with E-state index in [1.54, 1.807) is 0 Å². The topological polar surface area (TPSA) is 29.0 Å². The molecule has 1 fully saturated rings. The van der Waals surface area contributed by atoms with E-state index in [0.717, 1.165) is 6.42 Å². The van der Waals surface area contributed by atoms with Gasteiger partial charge in [0.2, 0.25) is 0 Å². The number of hydrogen-bond donors (Lipinski definition) is 1. The molecule has 0 bridgehead atoms. The van der Waals surface area contributed by atoms with Crippen LogP contribution < -0.4 is 5.73 Å². The van der Waals surface area contributed by atoms with Gasteiger partial charge in [-0.05, 0) is 47.1 Å². The van der Waals surface area contributed by atoms with Crippen molar-refractivity contribution in [3.05, 3.63) is 71.9 Å². The summed E-state index contributed by atoms with van der Waals surface area (Å²) < 4.78 is 0. The van der Waals surface area contributed by atoms with Crippen molar-refractivity contribution in [3.8, 4) is 11.1 Å². The summed E-state index contributed by atoms with van der Waals surface area (Å²) in [5, 5.41) is 0. The second kappa shape index (κ2) is 8.35. The molecule has 3 rings (SSSR count). The third-order valence-corrected chi connectivity index (χ3v) is 5.32. The monoisotopic (exact) mass is 336 g/mol. The van der Waals surface area contributed by atoms with Crippen molar-refractivity contribution in [3.63, 3.8) is 0 Å². The van der Waals surface area contributed by atoms with Gasteiger partial charge in [-0.2, -0.15) is 0 Å². The van der Waals surface area contributed by atoms with E-state index in [1.807, 2.05) is 0 Å². The van der Waals surface area contributed by atoms with Crippen LogP contribution in [0.1, 0.15) is 38.3 Å². The number of nitrogens with zero attached hydrogens (tertiary/aromatic N) is 1. The van der Waals surface area contributed by atoms with E-state index >= 15 is 0 Å². The predicted octanol–water partition coefficient (Wildman–Crippen LogP) is 5.23. The summed E-state index contributed by atoms with van der Waals surface area (Å²) in [7, 11) is 2.14. The zero-order valence-electron chi connectivity index (χ0n) is 14.8. The number of nitrogens with two attached hydrogens (primary N) is 1. The van der Waals surface area contributed by atoms with Crippen molar-refractivity contribution in [2.45, 2.75) is 46.2 Å². The lowest BCUT2D eigenvalue weighted by atomic mass is 9.90. The zero-order chi connectivity index (χ0) is 17.1. The molecule has 1 aliphatic heterocycles. The molecule has 2 N–H and O–H groups in total. The largest absolute Gasteiger partial charge is 0.368 e. The molecule has 2 unspecified atom stereocenters. The van der Waals surface area contributed by atoms with Gasteiger partial charge in [0.1, 0.15) is 0 Å². The Balaban J connectivity index is 0.00000225. The minimum Gasteiger partial charge on any atom is -0.368 e. The molecule has 1 heterocycles. The number of hydrogen-bond acceptors (Lipinski definition) is 2. The van der Waals surface area contributed by atoms with Crippen LogP contribution in [0, 0.1) is 5.92 Å². The maximum absolute atomic E-state index is 5.77. The van der Waals surface area contributed by atoms with Crippen LogP contribution in [0.5, 0.6) is 0 Å². The van der Waals surface area contributed by atoms with Crippen molar-refractivity contribution in [2.75, 3.05) is 7.05 Å². The average Bonchev–Trinajstić information content (AvgIpc) is 3.19. The molecule has 25 heavy (non-hydrogen) atoms. The molecular weight excluding hydrogens is 304 g/mol. The first-order chi connectivity index (χ1) is 11.6. The van der Waals surface area contributed by atoms with Gasteiger partial charge in [-0.15, -0.1) is 0 Å². The number of likely N-dealkylation sites (N-methyl/N-ethyl adjacent to an activating group) is 1. The molecule has 1 aliphatic rings. The fourth-order valence-corrected chi connectivity index (χ4v) is 3.50. The summed E-state index contributed by atoms with van der Waals surface area (Å²) in [6.45, 7) is 6.99. The Bertz CT molecular complexity index is 720. The molecule has 2 aromatic carbocycles. The van der Waals surface area contributed by atoms with E-state index in [1.165, 1.54) is 40.8 Å². The van der Waals surface area contributed by atoms with Crippen molar-refractivity contribution in [1.29, 1.82) is 0 Å². The SMILES string of the molecule is C.C=C1C(CC(CC)Cc2cccc(-c3cccc(CN)c3)c2)N1C. The van der Waals surface area contributed by atoms with Gasteiger partial charge in [-0.3, -0.25) is 0 Å². The summed E-state index contributed by atoms with van der Waals surface area (Å²) in [5.74, 6) is 0.710. The maximum Gasteiger partial charge on any atom is 0.0681 e. The molecule has 0 aliphatic carbocycles. The van der Waals surface area contributed by atoms with E-state index in [4.69, 9.17) is 5.73 Å². The Hall–Kier alpha value is -2.06. The van der Waals surface area contributed by atoms with Gasteiger partial charge in [0.25, 0.3) is 0 Å². The normalized spacial score (nSPS) is 17.2. The van der Waals surface area contributed by atoms with Gasteiger partial charge in [-0.25, -0.2) is 0 Å². The average molecular weight is 337 g/mol. The van der Waals surface area contributed by atoms with Crippen molar-refractivity contribution >= 4 is 0 Å². The molecule has 134 valence electrons. The van der Waals surface area contributed by atoms with Crippen molar-refractivity contribution in [2.24, 2.45) is 11.7 Å². The lowest BCUT2D eigenvalue weighted by Crippen LogP contribution is -2.09. The van der Waals surface area contributed by atoms with Crippen LogP contribution >= 0.6 is 0 Å². The maximum atomic E-state index is 5.77. The molecule has 2 atom stereocenters. The van der Waals surface area contributed by atoms with Gasteiger partial charge in [-0.1, -0.05) is 69.8 Å². The zero-order valence-corrected chi connectivity index (χ0v) is 14.8. The smallest absolute Gasteiger partial charge is 0.0681 e. The molecule has 1 saturated heterocycles. The van der Waals surface area contributed by atoms with E-state index in [2.05, 4.69) is 74.0 Å². The van der Waals surface area contributed by atoms with Crippen LogP contribution in [0.15, 0.2) is 60.8 Å². The first kappa shape index (κ1) is 19.3. The summed E-state index contributed by atoms with van der Waals surface area (Å²) >= 11 is 0. The van der Waals surface area contributed by atoms with Crippen LogP contribution in [-0.2, 0) is 13.0 Å². The predicted molar refractivity (Wildman–Crippen MR) is 109 cm³/mol. The van der Waals surface area contributed by atoms with E-state index in [9.17, 15) is 0 Å². The number of rotatable bonds is 7. The van der Waals surface area contributed by atoms with Crippen molar-refractivity contribution in [1.82, 2.24) is 4.90 Å². The standard InChI is InChI=1S/C22H28N2.CH4/c1-4-17(14-22-16(2)24(22)3)11-18-7-5-9-20(12-18)21-10-6-8-19(13-21)15-23;/h5-10,12-13,17,22H,2,4,11,14-15,23H2,1,3H3;1H4. The van der Waals surface area contributed by atoms with Crippen LogP contribution in [0.2, 0.25) is 0 Å². The Morgan fingerprint density at radius 1 is 1.08 bits per heavy atom. The van der Waals surface area contributed by atoms with Gasteiger partial charge < -0.3 is 10.6 Å². The molecule has 2 heteroatoms. The highest BCUT2D eigenvalue weighted by Gasteiger charge is 2.36. The molecule has 0 spiro atoms. The fraction of sp³-hybridized carbons (Fsp3) is 0.391. The molecule has 0 saturated carbocycles. The summed E-state index contributed by atoms with van der Waals surface area (Å²) in [6, 6.07) is 18.1. The van der Waals surface area contributed by atoms with E-state index < -0.39 is 0 Å². The van der Waals surface area contributed by atoms with Crippen LogP contribution in [0.4, 0.5) is 0 Å². The van der Waals surface area contributed by atoms with Gasteiger partial charge in [0.05, 0.1) is 6.04 Å². The minimum absolute atomic E-state index is 0. The highest BCUT2D eigenvalue weighted by atomic mass is 15.3. The Morgan fingerprint density at radius 2 is 1.64 bits per heavy atom. The van der Waals surface area contributed by atoms with E-state index in [0.29, 0.717) is 18.5 Å². The first-order valence-corrected chi connectivity index (χ1v) is 8.92. The summed E-state index contributed by atoms with van der Waals surface area (Å²) in [5.41, 5.74) is 12.2. The van der Waals surface area contributed by atoms with Crippen LogP contribution in [0.3, 0.4) is 0 Å². The quantitative estimate of drug-likeness (QED) is 0.701.